The van der Waals surface area contributed by atoms with Crippen LogP contribution in [0.15, 0.2) is 48.5 Å². The molecule has 0 aliphatic carbocycles. The third-order valence-corrected chi connectivity index (χ3v) is 5.78. The van der Waals surface area contributed by atoms with Crippen LogP contribution in [-0.4, -0.2) is 39.0 Å². The highest BCUT2D eigenvalue weighted by Crippen LogP contribution is 2.20. The first-order chi connectivity index (χ1) is 15.5. The van der Waals surface area contributed by atoms with E-state index in [9.17, 15) is 24.1 Å². The lowest BCUT2D eigenvalue weighted by molar-refractivity contribution is -0.384. The van der Waals surface area contributed by atoms with Crippen molar-refractivity contribution in [3.63, 3.8) is 0 Å². The Morgan fingerprint density at radius 1 is 1.09 bits per heavy atom. The SMILES string of the molecule is CC[C@H](C(=O)NC(C)(C)C)N(Cc1ccc(F)cc1)C(=O)CSCc1ccc([N+](=O)[O-])cc1. The Labute approximate surface area is 197 Å². The number of rotatable bonds is 10. The van der Waals surface area contributed by atoms with Gasteiger partial charge in [-0.3, -0.25) is 19.7 Å². The molecule has 0 fully saturated rings. The molecule has 7 nitrogen and oxygen atoms in total. The van der Waals surface area contributed by atoms with Gasteiger partial charge in [-0.2, -0.15) is 0 Å². The van der Waals surface area contributed by atoms with Gasteiger partial charge < -0.3 is 10.2 Å². The van der Waals surface area contributed by atoms with E-state index in [0.717, 1.165) is 11.1 Å². The van der Waals surface area contributed by atoms with Gasteiger partial charge in [-0.15, -0.1) is 11.8 Å². The molecule has 2 rings (SSSR count). The minimum absolute atomic E-state index is 0.0148. The molecule has 0 spiro atoms. The molecule has 0 heterocycles. The maximum absolute atomic E-state index is 13.3. The fourth-order valence-corrected chi connectivity index (χ4v) is 4.08. The van der Waals surface area contributed by atoms with E-state index in [1.54, 1.807) is 24.3 Å². The Morgan fingerprint density at radius 3 is 2.18 bits per heavy atom. The molecule has 2 aromatic carbocycles. The van der Waals surface area contributed by atoms with Crippen LogP contribution in [0.4, 0.5) is 10.1 Å². The zero-order valence-corrected chi connectivity index (χ0v) is 20.2. The maximum Gasteiger partial charge on any atom is 0.269 e. The van der Waals surface area contributed by atoms with Crippen LogP contribution in [0.1, 0.15) is 45.2 Å². The van der Waals surface area contributed by atoms with E-state index in [2.05, 4.69) is 5.32 Å². The average molecular weight is 476 g/mol. The molecule has 0 aliphatic heterocycles. The van der Waals surface area contributed by atoms with Gasteiger partial charge in [0.25, 0.3) is 5.69 Å². The highest BCUT2D eigenvalue weighted by molar-refractivity contribution is 7.99. The number of nitrogens with zero attached hydrogens (tertiary/aromatic N) is 2. The van der Waals surface area contributed by atoms with Gasteiger partial charge in [0.05, 0.1) is 10.7 Å². The van der Waals surface area contributed by atoms with Crippen LogP contribution < -0.4 is 5.32 Å². The first-order valence-corrected chi connectivity index (χ1v) is 11.8. The molecule has 0 radical (unpaired) electrons. The van der Waals surface area contributed by atoms with Gasteiger partial charge in [0, 0.05) is 30.0 Å². The lowest BCUT2D eigenvalue weighted by Gasteiger charge is -2.33. The minimum Gasteiger partial charge on any atom is -0.350 e. The fourth-order valence-electron chi connectivity index (χ4n) is 3.21. The third-order valence-electron chi connectivity index (χ3n) is 4.79. The molecule has 1 atom stereocenters. The summed E-state index contributed by atoms with van der Waals surface area (Å²) in [5, 5.41) is 13.7. The second-order valence-electron chi connectivity index (χ2n) is 8.73. The summed E-state index contributed by atoms with van der Waals surface area (Å²) in [5.41, 5.74) is 1.16. The number of benzene rings is 2. The van der Waals surface area contributed by atoms with Crippen molar-refractivity contribution in [3.05, 3.63) is 75.6 Å². The fraction of sp³-hybridized carbons (Fsp3) is 0.417. The van der Waals surface area contributed by atoms with Crippen molar-refractivity contribution in [2.45, 2.75) is 58.0 Å². The summed E-state index contributed by atoms with van der Waals surface area (Å²) in [7, 11) is 0. The molecule has 178 valence electrons. The number of nitro benzene ring substituents is 1. The largest absolute Gasteiger partial charge is 0.350 e. The zero-order chi connectivity index (χ0) is 24.6. The van der Waals surface area contributed by atoms with E-state index in [-0.39, 0.29) is 35.6 Å². The van der Waals surface area contributed by atoms with Crippen LogP contribution >= 0.6 is 11.8 Å². The van der Waals surface area contributed by atoms with Crippen LogP contribution in [0.2, 0.25) is 0 Å². The van der Waals surface area contributed by atoms with E-state index >= 15 is 0 Å². The number of hydrogen-bond acceptors (Lipinski definition) is 5. The molecule has 0 saturated heterocycles. The predicted molar refractivity (Wildman–Crippen MR) is 128 cm³/mol. The molecule has 0 bridgehead atoms. The van der Waals surface area contributed by atoms with Crippen LogP contribution in [0, 0.1) is 15.9 Å². The number of non-ortho nitro benzene ring substituents is 1. The van der Waals surface area contributed by atoms with Crippen LogP contribution in [-0.2, 0) is 21.9 Å². The summed E-state index contributed by atoms with van der Waals surface area (Å²) < 4.78 is 13.3. The molecule has 0 aliphatic rings. The van der Waals surface area contributed by atoms with Gasteiger partial charge in [-0.25, -0.2) is 4.39 Å². The smallest absolute Gasteiger partial charge is 0.269 e. The van der Waals surface area contributed by atoms with E-state index in [0.29, 0.717) is 12.2 Å². The van der Waals surface area contributed by atoms with Crippen molar-refractivity contribution in [3.8, 4) is 0 Å². The van der Waals surface area contributed by atoms with Gasteiger partial charge in [0.1, 0.15) is 11.9 Å². The first kappa shape index (κ1) is 26.3. The van der Waals surface area contributed by atoms with Crippen molar-refractivity contribution >= 4 is 29.3 Å². The molecule has 33 heavy (non-hydrogen) atoms. The van der Waals surface area contributed by atoms with Gasteiger partial charge >= 0.3 is 0 Å². The minimum atomic E-state index is -0.665. The van der Waals surface area contributed by atoms with E-state index < -0.39 is 16.5 Å². The molecule has 0 unspecified atom stereocenters. The van der Waals surface area contributed by atoms with Gasteiger partial charge in [-0.05, 0) is 50.5 Å². The predicted octanol–water partition coefficient (Wildman–Crippen LogP) is 4.69. The number of halogens is 1. The summed E-state index contributed by atoms with van der Waals surface area (Å²) in [6.07, 6.45) is 0.432. The highest BCUT2D eigenvalue weighted by Gasteiger charge is 2.30. The van der Waals surface area contributed by atoms with Crippen molar-refractivity contribution in [1.29, 1.82) is 0 Å². The summed E-state index contributed by atoms with van der Waals surface area (Å²) in [4.78, 5) is 38.0. The van der Waals surface area contributed by atoms with E-state index in [1.165, 1.54) is 40.9 Å². The first-order valence-electron chi connectivity index (χ1n) is 10.7. The summed E-state index contributed by atoms with van der Waals surface area (Å²) >= 11 is 1.37. The quantitative estimate of drug-likeness (QED) is 0.398. The van der Waals surface area contributed by atoms with Gasteiger partial charge in [0.15, 0.2) is 0 Å². The molecular weight excluding hydrogens is 445 g/mol. The lowest BCUT2D eigenvalue weighted by Crippen LogP contribution is -2.53. The monoisotopic (exact) mass is 475 g/mol. The summed E-state index contributed by atoms with van der Waals surface area (Å²) in [5.74, 6) is -0.174. The topological polar surface area (TPSA) is 92.6 Å². The van der Waals surface area contributed by atoms with Crippen LogP contribution in [0.3, 0.4) is 0 Å². The second-order valence-corrected chi connectivity index (χ2v) is 9.71. The number of carbonyl (C=O) groups is 2. The molecular formula is C24H30FN3O4S. The Morgan fingerprint density at radius 2 is 1.67 bits per heavy atom. The van der Waals surface area contributed by atoms with Gasteiger partial charge in [0.2, 0.25) is 11.8 Å². The molecule has 0 aromatic heterocycles. The Balaban J connectivity index is 2.12. The van der Waals surface area contributed by atoms with Crippen molar-refractivity contribution in [2.75, 3.05) is 5.75 Å². The molecule has 9 heteroatoms. The zero-order valence-electron chi connectivity index (χ0n) is 19.3. The van der Waals surface area contributed by atoms with Gasteiger partial charge in [-0.1, -0.05) is 31.2 Å². The van der Waals surface area contributed by atoms with Crippen molar-refractivity contribution < 1.29 is 18.9 Å². The second kappa shape index (κ2) is 11.8. The lowest BCUT2D eigenvalue weighted by atomic mass is 10.1. The van der Waals surface area contributed by atoms with E-state index in [4.69, 9.17) is 0 Å². The summed E-state index contributed by atoms with van der Waals surface area (Å²) in [6, 6.07) is 11.4. The maximum atomic E-state index is 13.3. The molecule has 0 saturated carbocycles. The number of amides is 2. The number of carbonyl (C=O) groups excluding carboxylic acids is 2. The van der Waals surface area contributed by atoms with Crippen molar-refractivity contribution in [1.82, 2.24) is 10.2 Å². The Bertz CT molecular complexity index is 959. The number of nitrogens with one attached hydrogen (secondary N) is 1. The third kappa shape index (κ3) is 8.49. The number of thioether (sulfide) groups is 1. The van der Waals surface area contributed by atoms with Crippen LogP contribution in [0.5, 0.6) is 0 Å². The molecule has 1 N–H and O–H groups in total. The number of nitro groups is 1. The summed E-state index contributed by atoms with van der Waals surface area (Å²) in [6.45, 7) is 7.67. The van der Waals surface area contributed by atoms with Crippen LogP contribution in [0.25, 0.3) is 0 Å². The Kier molecular flexibility index (Phi) is 9.40. The Hall–Kier alpha value is -2.94. The van der Waals surface area contributed by atoms with E-state index in [1.807, 2.05) is 27.7 Å². The van der Waals surface area contributed by atoms with Crippen molar-refractivity contribution in [2.24, 2.45) is 0 Å². The normalized spacial score (nSPS) is 12.2. The average Bonchev–Trinajstić information content (AvgIpc) is 2.74. The molecule has 2 amide bonds. The number of hydrogen-bond donors (Lipinski definition) is 1. The molecule has 2 aromatic rings. The standard InChI is InChI=1S/C24H30FN3O4S/c1-5-21(23(30)26-24(2,3)4)27(14-17-6-10-19(25)11-7-17)22(29)16-33-15-18-8-12-20(13-9-18)28(31)32/h6-13,21H,5,14-16H2,1-4H3,(H,26,30)/t21-/m1/s1. The highest BCUT2D eigenvalue weighted by atomic mass is 32.2.